The van der Waals surface area contributed by atoms with Gasteiger partial charge in [0, 0.05) is 11.1 Å². The maximum atomic E-state index is 6.35. The lowest BCUT2D eigenvalue weighted by Gasteiger charge is -2.57. The molecule has 4 fully saturated rings. The Morgan fingerprint density at radius 1 is 1.00 bits per heavy atom. The highest BCUT2D eigenvalue weighted by Gasteiger charge is 2.51. The van der Waals surface area contributed by atoms with Crippen LogP contribution in [0.4, 0.5) is 17.3 Å². The van der Waals surface area contributed by atoms with Crippen molar-refractivity contribution in [2.24, 2.45) is 17.8 Å². The van der Waals surface area contributed by atoms with E-state index in [1.807, 2.05) is 0 Å². The Bertz CT molecular complexity index is 585. The van der Waals surface area contributed by atoms with Gasteiger partial charge in [-0.2, -0.15) is 0 Å². The van der Waals surface area contributed by atoms with Crippen LogP contribution in [0.1, 0.15) is 59.3 Å². The predicted molar refractivity (Wildman–Crippen MR) is 97.5 cm³/mol. The molecular weight excluding hydrogens is 300 g/mol. The summed E-state index contributed by atoms with van der Waals surface area (Å²) in [7, 11) is 0. The summed E-state index contributed by atoms with van der Waals surface area (Å²) in [5.74, 6) is 4.11. The molecule has 4 aliphatic carbocycles. The molecule has 1 aromatic rings. The molecule has 0 aromatic carbocycles. The van der Waals surface area contributed by atoms with Crippen LogP contribution in [-0.4, -0.2) is 21.0 Å². The third kappa shape index (κ3) is 3.04. The van der Waals surface area contributed by atoms with Crippen LogP contribution in [0, 0.1) is 17.8 Å². The van der Waals surface area contributed by atoms with Crippen LogP contribution in [0.3, 0.4) is 0 Å². The zero-order valence-corrected chi connectivity index (χ0v) is 15.0. The van der Waals surface area contributed by atoms with Gasteiger partial charge in [-0.15, -0.1) is 0 Å². The van der Waals surface area contributed by atoms with Gasteiger partial charge in [-0.1, -0.05) is 0 Å². The molecule has 6 nitrogen and oxygen atoms in total. The van der Waals surface area contributed by atoms with E-state index in [2.05, 4.69) is 46.9 Å². The van der Waals surface area contributed by atoms with Crippen molar-refractivity contribution >= 4 is 17.3 Å². The fourth-order valence-electron chi connectivity index (χ4n) is 5.36. The van der Waals surface area contributed by atoms with E-state index in [1.54, 1.807) is 6.33 Å². The van der Waals surface area contributed by atoms with E-state index in [1.165, 1.54) is 38.5 Å². The van der Waals surface area contributed by atoms with Gasteiger partial charge in [0.25, 0.3) is 0 Å². The molecule has 0 spiro atoms. The number of hydrogen-bond acceptors (Lipinski definition) is 6. The van der Waals surface area contributed by atoms with Crippen molar-refractivity contribution in [3.05, 3.63) is 6.33 Å². The summed E-state index contributed by atoms with van der Waals surface area (Å²) in [5.41, 5.74) is 13.4. The van der Waals surface area contributed by atoms with E-state index in [0.717, 1.165) is 23.6 Å². The highest BCUT2D eigenvalue weighted by molar-refractivity contribution is 5.74. The minimum Gasteiger partial charge on any atom is -0.393 e. The summed E-state index contributed by atoms with van der Waals surface area (Å²) < 4.78 is 0. The molecule has 0 saturated heterocycles. The molecule has 4 bridgehead atoms. The minimum atomic E-state index is -0.0646. The number of nitrogens with zero attached hydrogens (tertiary/aromatic N) is 2. The fourth-order valence-corrected chi connectivity index (χ4v) is 5.36. The average Bonchev–Trinajstić information content (AvgIpc) is 2.45. The van der Waals surface area contributed by atoms with Crippen molar-refractivity contribution in [1.29, 1.82) is 0 Å². The molecule has 5 rings (SSSR count). The highest BCUT2D eigenvalue weighted by atomic mass is 15.4. The molecule has 1 heterocycles. The van der Waals surface area contributed by atoms with Gasteiger partial charge in [0.05, 0.1) is 0 Å². The first-order valence-corrected chi connectivity index (χ1v) is 9.24. The fraction of sp³-hybridized carbons (Fsp3) is 0.778. The Hall–Kier alpha value is -1.56. The van der Waals surface area contributed by atoms with E-state index in [0.29, 0.717) is 11.5 Å². The zero-order chi connectivity index (χ0) is 16.9. The number of hydrogen-bond donors (Lipinski definition) is 4. The molecule has 0 radical (unpaired) electrons. The van der Waals surface area contributed by atoms with Crippen LogP contribution < -0.4 is 21.9 Å². The largest absolute Gasteiger partial charge is 0.393 e. The number of hydrazine groups is 1. The van der Waals surface area contributed by atoms with Gasteiger partial charge < -0.3 is 16.5 Å². The van der Waals surface area contributed by atoms with E-state index in [-0.39, 0.29) is 11.1 Å². The lowest BCUT2D eigenvalue weighted by atomic mass is 9.53. The average molecular weight is 330 g/mol. The Labute approximate surface area is 144 Å². The van der Waals surface area contributed by atoms with Crippen LogP contribution in [0.2, 0.25) is 0 Å². The number of anilines is 3. The molecular formula is C18H30N6. The van der Waals surface area contributed by atoms with Gasteiger partial charge in [-0.05, 0) is 77.0 Å². The summed E-state index contributed by atoms with van der Waals surface area (Å²) in [6, 6.07) is 0. The Morgan fingerprint density at radius 3 is 2.08 bits per heavy atom. The maximum Gasteiger partial charge on any atom is 0.169 e. The summed E-state index contributed by atoms with van der Waals surface area (Å²) in [4.78, 5) is 8.73. The number of rotatable bonds is 4. The van der Waals surface area contributed by atoms with Crippen molar-refractivity contribution < 1.29 is 0 Å². The Morgan fingerprint density at radius 2 is 1.54 bits per heavy atom. The van der Waals surface area contributed by atoms with Crippen molar-refractivity contribution in [3.63, 3.8) is 0 Å². The van der Waals surface area contributed by atoms with E-state index in [4.69, 9.17) is 5.73 Å². The second kappa shape index (κ2) is 5.48. The second-order valence-electron chi connectivity index (χ2n) is 9.31. The molecule has 24 heavy (non-hydrogen) atoms. The Balaban J connectivity index is 1.53. The van der Waals surface area contributed by atoms with E-state index >= 15 is 0 Å². The number of aromatic nitrogens is 2. The summed E-state index contributed by atoms with van der Waals surface area (Å²) >= 11 is 0. The SMILES string of the molecule is CC(C)(C)NNc1ncnc(NC23CC4CC(CC(C4)C2)C3)c1N. The number of nitrogen functional groups attached to an aromatic ring is 1. The Kier molecular flexibility index (Phi) is 3.64. The lowest BCUT2D eigenvalue weighted by Crippen LogP contribution is -2.55. The van der Waals surface area contributed by atoms with Crippen LogP contribution in [0.15, 0.2) is 6.33 Å². The van der Waals surface area contributed by atoms with E-state index < -0.39 is 0 Å². The lowest BCUT2D eigenvalue weighted by molar-refractivity contribution is 0.0106. The summed E-state index contributed by atoms with van der Waals surface area (Å²) in [6.45, 7) is 6.27. The van der Waals surface area contributed by atoms with Gasteiger partial charge in [0.1, 0.15) is 12.0 Å². The molecule has 4 saturated carbocycles. The third-order valence-electron chi connectivity index (χ3n) is 5.86. The van der Waals surface area contributed by atoms with Gasteiger partial charge in [0.2, 0.25) is 0 Å². The summed E-state index contributed by atoms with van der Waals surface area (Å²) in [6.07, 6.45) is 9.70. The first-order valence-electron chi connectivity index (χ1n) is 9.24. The molecule has 0 aliphatic heterocycles. The van der Waals surface area contributed by atoms with Crippen molar-refractivity contribution in [2.75, 3.05) is 16.5 Å². The van der Waals surface area contributed by atoms with Crippen molar-refractivity contribution in [2.45, 2.75) is 70.4 Å². The van der Waals surface area contributed by atoms with E-state index in [9.17, 15) is 0 Å². The van der Waals surface area contributed by atoms with Gasteiger partial charge in [-0.25, -0.2) is 15.4 Å². The van der Waals surface area contributed by atoms with Crippen LogP contribution in [0.25, 0.3) is 0 Å². The predicted octanol–water partition coefficient (Wildman–Crippen LogP) is 3.15. The second-order valence-corrected chi connectivity index (χ2v) is 9.31. The maximum absolute atomic E-state index is 6.35. The summed E-state index contributed by atoms with van der Waals surface area (Å²) in [5, 5.41) is 3.75. The molecule has 0 unspecified atom stereocenters. The molecule has 1 aromatic heterocycles. The quantitative estimate of drug-likeness (QED) is 0.634. The molecule has 6 heteroatoms. The van der Waals surface area contributed by atoms with Crippen LogP contribution in [-0.2, 0) is 0 Å². The van der Waals surface area contributed by atoms with Gasteiger partial charge >= 0.3 is 0 Å². The standard InChI is InChI=1S/C18H30N6/c1-17(2,3)24-23-16-14(19)15(20-10-21-16)22-18-7-11-4-12(8-18)6-13(5-11)9-18/h10-13,24H,4-9,19H2,1-3H3,(H2,20,21,22,23). The number of nitrogens with two attached hydrogens (primary N) is 1. The number of nitrogens with one attached hydrogen (secondary N) is 3. The normalized spacial score (nSPS) is 34.4. The topological polar surface area (TPSA) is 87.9 Å². The van der Waals surface area contributed by atoms with Crippen LogP contribution >= 0.6 is 0 Å². The highest BCUT2D eigenvalue weighted by Crippen LogP contribution is 2.56. The minimum absolute atomic E-state index is 0.0646. The molecule has 5 N–H and O–H groups in total. The smallest absolute Gasteiger partial charge is 0.169 e. The molecule has 132 valence electrons. The first kappa shape index (κ1) is 15.9. The van der Waals surface area contributed by atoms with Crippen LogP contribution in [0.5, 0.6) is 0 Å². The zero-order valence-electron chi connectivity index (χ0n) is 15.0. The van der Waals surface area contributed by atoms with Gasteiger partial charge in [0.15, 0.2) is 11.6 Å². The molecule has 0 amide bonds. The van der Waals surface area contributed by atoms with Gasteiger partial charge in [-0.3, -0.25) is 0 Å². The third-order valence-corrected chi connectivity index (χ3v) is 5.86. The van der Waals surface area contributed by atoms with Crippen molar-refractivity contribution in [1.82, 2.24) is 15.4 Å². The molecule has 0 atom stereocenters. The van der Waals surface area contributed by atoms with Crippen molar-refractivity contribution in [3.8, 4) is 0 Å². The monoisotopic (exact) mass is 330 g/mol. The molecule has 4 aliphatic rings. The first-order chi connectivity index (χ1) is 11.3.